The molecule has 1 aromatic rings. The standard InChI is InChI=1S/C22H24F4N2O2.3C2H6.C2H2/c1-6-17(19(23)15(4)30-5)18-8-7-16(12-27-18)21(9-10-21)28-20(29)13(2)11-14(3)22(24,25)26;4*1-2/h6-8,11-12H,3,9-10H2,1-2,4-5H3,(H,28,29);3*1-2H3;1-2H/b13-11+,17-6-,19-15-;;;;. The number of nitrogens with one attached hydrogen (secondary N) is 1. The number of alkyl halides is 3. The maximum Gasteiger partial charge on any atom is 0.415 e. The van der Waals surface area contributed by atoms with Crippen LogP contribution < -0.4 is 5.32 Å². The van der Waals surface area contributed by atoms with E-state index in [0.29, 0.717) is 24.1 Å². The van der Waals surface area contributed by atoms with E-state index in [-0.39, 0.29) is 16.9 Å². The summed E-state index contributed by atoms with van der Waals surface area (Å²) in [7, 11) is 1.37. The van der Waals surface area contributed by atoms with Crippen LogP contribution in [0, 0.1) is 12.8 Å². The number of pyridine rings is 1. The molecule has 214 valence electrons. The van der Waals surface area contributed by atoms with Gasteiger partial charge in [0.05, 0.1) is 18.3 Å². The van der Waals surface area contributed by atoms with E-state index < -0.39 is 29.0 Å². The molecule has 1 aromatic heterocycles. The second kappa shape index (κ2) is 19.7. The van der Waals surface area contributed by atoms with Crippen molar-refractivity contribution < 1.29 is 27.1 Å². The third-order valence-electron chi connectivity index (χ3n) is 4.95. The Morgan fingerprint density at radius 1 is 1.11 bits per heavy atom. The molecule has 0 aliphatic heterocycles. The van der Waals surface area contributed by atoms with Crippen molar-refractivity contribution in [2.75, 3.05) is 7.11 Å². The van der Waals surface area contributed by atoms with E-state index in [1.54, 1.807) is 25.1 Å². The molecular formula is C30H44F4N2O2. The molecule has 1 fully saturated rings. The predicted octanol–water partition coefficient (Wildman–Crippen LogP) is 8.83. The number of carbonyl (C=O) groups is 1. The molecule has 1 N–H and O–H groups in total. The Kier molecular flexibility index (Phi) is 20.3. The first-order valence-corrected chi connectivity index (χ1v) is 12.6. The van der Waals surface area contributed by atoms with Gasteiger partial charge < -0.3 is 10.1 Å². The Morgan fingerprint density at radius 3 is 1.95 bits per heavy atom. The highest BCUT2D eigenvalue weighted by Crippen LogP contribution is 2.45. The van der Waals surface area contributed by atoms with Crippen LogP contribution in [0.15, 0.2) is 59.8 Å². The average Bonchev–Trinajstić information content (AvgIpc) is 3.73. The number of aromatic nitrogens is 1. The fraction of sp³-hybridized carbons (Fsp3) is 0.467. The number of hydrogen-bond donors (Lipinski definition) is 1. The summed E-state index contributed by atoms with van der Waals surface area (Å²) in [4.78, 5) is 16.7. The number of hydrogen-bond acceptors (Lipinski definition) is 3. The molecule has 1 aliphatic carbocycles. The first-order valence-electron chi connectivity index (χ1n) is 12.6. The Bertz CT molecular complexity index is 966. The number of methoxy groups -OCH3 is 1. The van der Waals surface area contributed by atoms with Crippen LogP contribution in [-0.2, 0) is 15.1 Å². The monoisotopic (exact) mass is 540 g/mol. The molecule has 1 aliphatic rings. The molecule has 1 heterocycles. The summed E-state index contributed by atoms with van der Waals surface area (Å²) < 4.78 is 57.2. The van der Waals surface area contributed by atoms with Gasteiger partial charge in [-0.1, -0.05) is 60.3 Å². The number of ether oxygens (including phenoxy) is 1. The molecule has 0 unspecified atom stereocenters. The summed E-state index contributed by atoms with van der Waals surface area (Å²) in [6, 6.07) is 3.36. The maximum absolute atomic E-state index is 14.4. The van der Waals surface area contributed by atoms with Gasteiger partial charge in [0.15, 0.2) is 5.83 Å². The summed E-state index contributed by atoms with van der Waals surface area (Å²) >= 11 is 0. The van der Waals surface area contributed by atoms with E-state index in [1.807, 2.05) is 41.5 Å². The smallest absolute Gasteiger partial charge is 0.415 e. The third kappa shape index (κ3) is 11.8. The Balaban J connectivity index is -0.00000140. The van der Waals surface area contributed by atoms with Crippen molar-refractivity contribution in [3.05, 3.63) is 71.1 Å². The minimum atomic E-state index is -4.59. The van der Waals surface area contributed by atoms with E-state index in [9.17, 15) is 22.4 Å². The maximum atomic E-state index is 14.4. The van der Waals surface area contributed by atoms with Crippen LogP contribution in [0.25, 0.3) is 5.57 Å². The molecule has 4 nitrogen and oxygen atoms in total. The fourth-order valence-electron chi connectivity index (χ4n) is 2.84. The highest BCUT2D eigenvalue weighted by atomic mass is 19.4. The molecular weight excluding hydrogens is 496 g/mol. The second-order valence-electron chi connectivity index (χ2n) is 7.10. The lowest BCUT2D eigenvalue weighted by atomic mass is 10.0. The van der Waals surface area contributed by atoms with Gasteiger partial charge in [0.1, 0.15) is 5.76 Å². The number of allylic oxidation sites excluding steroid dienone is 6. The van der Waals surface area contributed by atoms with Crippen LogP contribution in [0.5, 0.6) is 0 Å². The fourth-order valence-corrected chi connectivity index (χ4v) is 2.84. The third-order valence-corrected chi connectivity index (χ3v) is 4.95. The SMILES string of the molecule is C#C.C=C(/C=C(\C)C(=O)NC1(c2ccc(C(=C/C)/C(F)=C(\C)OC)nc2)CC1)C(F)(F)F.CC.CC.CC. The molecule has 0 saturated heterocycles. The van der Waals surface area contributed by atoms with Crippen molar-refractivity contribution in [3.63, 3.8) is 0 Å². The first-order chi connectivity index (χ1) is 17.9. The van der Waals surface area contributed by atoms with Crippen LogP contribution in [-0.4, -0.2) is 24.2 Å². The normalized spacial score (nSPS) is 14.1. The van der Waals surface area contributed by atoms with Crippen LogP contribution in [0.2, 0.25) is 0 Å². The quantitative estimate of drug-likeness (QED) is 0.124. The lowest BCUT2D eigenvalue weighted by Crippen LogP contribution is -2.35. The van der Waals surface area contributed by atoms with E-state index >= 15 is 0 Å². The zero-order valence-electron chi connectivity index (χ0n) is 24.4. The van der Waals surface area contributed by atoms with Crippen LogP contribution in [0.3, 0.4) is 0 Å². The van der Waals surface area contributed by atoms with Gasteiger partial charge in [-0.2, -0.15) is 13.2 Å². The summed E-state index contributed by atoms with van der Waals surface area (Å²) in [6.07, 6.45) is 8.50. The molecule has 2 rings (SSSR count). The lowest BCUT2D eigenvalue weighted by Gasteiger charge is -2.19. The molecule has 1 saturated carbocycles. The van der Waals surface area contributed by atoms with Crippen molar-refractivity contribution in [3.8, 4) is 12.8 Å². The topological polar surface area (TPSA) is 51.2 Å². The van der Waals surface area contributed by atoms with Crippen LogP contribution in [0.1, 0.15) is 86.4 Å². The van der Waals surface area contributed by atoms with Gasteiger partial charge in [0.25, 0.3) is 0 Å². The van der Waals surface area contributed by atoms with E-state index in [1.165, 1.54) is 27.2 Å². The molecule has 0 spiro atoms. The van der Waals surface area contributed by atoms with Gasteiger partial charge >= 0.3 is 6.18 Å². The largest absolute Gasteiger partial charge is 0.498 e. The van der Waals surface area contributed by atoms with Gasteiger partial charge in [-0.05, 0) is 51.3 Å². The molecule has 8 heteroatoms. The Morgan fingerprint density at radius 2 is 1.61 bits per heavy atom. The van der Waals surface area contributed by atoms with Crippen molar-refractivity contribution in [1.29, 1.82) is 0 Å². The zero-order valence-corrected chi connectivity index (χ0v) is 24.4. The highest BCUT2D eigenvalue weighted by Gasteiger charge is 2.46. The molecule has 1 amide bonds. The van der Waals surface area contributed by atoms with E-state index in [0.717, 1.165) is 6.08 Å². The van der Waals surface area contributed by atoms with E-state index in [4.69, 9.17) is 4.74 Å². The summed E-state index contributed by atoms with van der Waals surface area (Å²) in [6.45, 7) is 19.4. The molecule has 38 heavy (non-hydrogen) atoms. The molecule has 0 atom stereocenters. The van der Waals surface area contributed by atoms with Gasteiger partial charge in [-0.3, -0.25) is 9.78 Å². The number of nitrogens with zero attached hydrogens (tertiary/aromatic N) is 1. The summed E-state index contributed by atoms with van der Waals surface area (Å²) in [5.74, 6) is -1.01. The summed E-state index contributed by atoms with van der Waals surface area (Å²) in [5.41, 5.74) is -0.498. The molecule has 0 bridgehead atoms. The Hall–Kier alpha value is -3.34. The Labute approximate surface area is 227 Å². The van der Waals surface area contributed by atoms with Gasteiger partial charge in [-0.25, -0.2) is 4.39 Å². The number of amides is 1. The van der Waals surface area contributed by atoms with Crippen LogP contribution in [0.4, 0.5) is 17.6 Å². The average molecular weight is 541 g/mol. The van der Waals surface area contributed by atoms with Crippen molar-refractivity contribution >= 4 is 11.5 Å². The van der Waals surface area contributed by atoms with E-state index in [2.05, 4.69) is 29.7 Å². The van der Waals surface area contributed by atoms with Crippen LogP contribution >= 0.6 is 0 Å². The highest BCUT2D eigenvalue weighted by molar-refractivity contribution is 5.94. The van der Waals surface area contributed by atoms with Gasteiger partial charge in [-0.15, -0.1) is 12.8 Å². The zero-order chi connectivity index (χ0) is 30.7. The minimum absolute atomic E-state index is 0.0911. The van der Waals surface area contributed by atoms with Crippen molar-refractivity contribution in [2.45, 2.75) is 86.9 Å². The number of carbonyl (C=O) groups excluding carboxylic acids is 1. The molecule has 0 radical (unpaired) electrons. The van der Waals surface area contributed by atoms with Gasteiger partial charge in [0.2, 0.25) is 5.91 Å². The number of terminal acetylenes is 1. The summed E-state index contributed by atoms with van der Waals surface area (Å²) in [5, 5.41) is 2.78. The molecule has 0 aromatic carbocycles. The van der Waals surface area contributed by atoms with Crippen molar-refractivity contribution in [2.24, 2.45) is 0 Å². The minimum Gasteiger partial charge on any atom is -0.498 e. The number of rotatable bonds is 7. The predicted molar refractivity (Wildman–Crippen MR) is 151 cm³/mol. The van der Waals surface area contributed by atoms with Crippen molar-refractivity contribution in [1.82, 2.24) is 10.3 Å². The lowest BCUT2D eigenvalue weighted by molar-refractivity contribution is -0.118. The second-order valence-corrected chi connectivity index (χ2v) is 7.10. The number of halogens is 4. The van der Waals surface area contributed by atoms with Gasteiger partial charge in [0, 0.05) is 22.9 Å². The first kappa shape index (κ1) is 39.2.